The summed E-state index contributed by atoms with van der Waals surface area (Å²) in [6.07, 6.45) is 2.84. The van der Waals surface area contributed by atoms with E-state index in [4.69, 9.17) is 17.0 Å². The number of hydrazone groups is 1. The van der Waals surface area contributed by atoms with Crippen LogP contribution in [0.2, 0.25) is 0 Å². The molecule has 22 heavy (non-hydrogen) atoms. The van der Waals surface area contributed by atoms with E-state index in [0.717, 1.165) is 55.8 Å². The Morgan fingerprint density at radius 3 is 2.77 bits per heavy atom. The fraction of sp³-hybridized carbons (Fsp3) is 0.467. The van der Waals surface area contributed by atoms with Crippen LogP contribution in [0.25, 0.3) is 0 Å². The molecule has 1 heterocycles. The summed E-state index contributed by atoms with van der Waals surface area (Å²) in [4.78, 5) is 1.61. The van der Waals surface area contributed by atoms with Crippen LogP contribution in [-0.2, 0) is 4.74 Å². The smallest absolute Gasteiger partial charge is 0.186 e. The van der Waals surface area contributed by atoms with Crippen molar-refractivity contribution in [2.24, 2.45) is 5.10 Å². The third kappa shape index (κ3) is 6.83. The maximum atomic E-state index is 5.35. The van der Waals surface area contributed by atoms with Crippen LogP contribution in [0.15, 0.2) is 33.8 Å². The molecule has 5 nitrogen and oxygen atoms in total. The molecule has 0 unspecified atom stereocenters. The lowest BCUT2D eigenvalue weighted by Crippen LogP contribution is -3.14. The third-order valence-corrected chi connectivity index (χ3v) is 4.21. The summed E-state index contributed by atoms with van der Waals surface area (Å²) in [6.45, 7) is 6.01. The number of hydrogen-bond donors (Lipinski definition) is 3. The van der Waals surface area contributed by atoms with Gasteiger partial charge >= 0.3 is 0 Å². The summed E-state index contributed by atoms with van der Waals surface area (Å²) < 4.78 is 6.40. The lowest BCUT2D eigenvalue weighted by Gasteiger charge is -2.23. The standard InChI is InChI=1S/C15H21BrN4OS/c16-14-4-2-13(3-5-14)12-18-19-15(22)17-6-1-7-20-8-10-21-11-9-20/h2-5,12H,1,6-11H2,(H2,17,19,22)/p+1/b18-12-. The molecular weight excluding hydrogens is 364 g/mol. The van der Waals surface area contributed by atoms with E-state index < -0.39 is 0 Å². The molecule has 0 aliphatic carbocycles. The Kier molecular flexibility index (Phi) is 7.79. The number of nitrogens with one attached hydrogen (secondary N) is 3. The number of rotatable bonds is 6. The van der Waals surface area contributed by atoms with E-state index in [1.165, 1.54) is 0 Å². The largest absolute Gasteiger partial charge is 0.370 e. The summed E-state index contributed by atoms with van der Waals surface area (Å²) in [6, 6.07) is 7.92. The molecule has 1 aromatic carbocycles. The second kappa shape index (κ2) is 9.89. The van der Waals surface area contributed by atoms with Crippen LogP contribution in [-0.4, -0.2) is 50.7 Å². The van der Waals surface area contributed by atoms with Crippen molar-refractivity contribution in [2.45, 2.75) is 6.42 Å². The van der Waals surface area contributed by atoms with Gasteiger partial charge in [-0.15, -0.1) is 0 Å². The number of quaternary nitrogens is 1. The molecule has 1 fully saturated rings. The average molecular weight is 386 g/mol. The number of thiocarbonyl (C=S) groups is 1. The zero-order valence-electron chi connectivity index (χ0n) is 12.5. The normalized spacial score (nSPS) is 15.9. The molecule has 0 amide bonds. The van der Waals surface area contributed by atoms with Gasteiger partial charge < -0.3 is 15.0 Å². The first-order valence-electron chi connectivity index (χ1n) is 7.48. The van der Waals surface area contributed by atoms with Crippen molar-refractivity contribution in [2.75, 3.05) is 39.4 Å². The van der Waals surface area contributed by atoms with Crippen molar-refractivity contribution in [1.82, 2.24) is 10.7 Å². The molecule has 1 saturated heterocycles. The molecule has 0 spiro atoms. The maximum Gasteiger partial charge on any atom is 0.186 e. The third-order valence-electron chi connectivity index (χ3n) is 3.44. The molecule has 3 N–H and O–H groups in total. The van der Waals surface area contributed by atoms with Crippen LogP contribution in [0, 0.1) is 0 Å². The molecule has 1 aliphatic rings. The molecule has 0 bridgehead atoms. The molecular formula is C15H22BrN4OS+. The summed E-state index contributed by atoms with van der Waals surface area (Å²) >= 11 is 8.59. The molecule has 2 rings (SSSR count). The summed E-state index contributed by atoms with van der Waals surface area (Å²) in [5, 5.41) is 7.86. The van der Waals surface area contributed by atoms with Crippen molar-refractivity contribution in [3.8, 4) is 0 Å². The van der Waals surface area contributed by atoms with Gasteiger partial charge in [-0.1, -0.05) is 28.1 Å². The average Bonchev–Trinajstić information content (AvgIpc) is 2.54. The van der Waals surface area contributed by atoms with Crippen molar-refractivity contribution >= 4 is 39.5 Å². The Bertz CT molecular complexity index is 489. The number of ether oxygens (including phenoxy) is 1. The molecule has 1 aliphatic heterocycles. The number of nitrogens with zero attached hydrogens (tertiary/aromatic N) is 1. The minimum Gasteiger partial charge on any atom is -0.370 e. The van der Waals surface area contributed by atoms with Crippen LogP contribution in [0.1, 0.15) is 12.0 Å². The van der Waals surface area contributed by atoms with E-state index in [2.05, 4.69) is 31.8 Å². The first-order valence-corrected chi connectivity index (χ1v) is 8.68. The Morgan fingerprint density at radius 1 is 1.32 bits per heavy atom. The van der Waals surface area contributed by atoms with E-state index in [0.29, 0.717) is 5.11 Å². The molecule has 7 heteroatoms. The van der Waals surface area contributed by atoms with Gasteiger partial charge in [0.05, 0.1) is 26.0 Å². The van der Waals surface area contributed by atoms with E-state index in [1.54, 1.807) is 11.1 Å². The minimum atomic E-state index is 0.560. The maximum absolute atomic E-state index is 5.35. The van der Waals surface area contributed by atoms with Crippen molar-refractivity contribution in [1.29, 1.82) is 0 Å². The van der Waals surface area contributed by atoms with Gasteiger partial charge in [-0.3, -0.25) is 5.43 Å². The topological polar surface area (TPSA) is 50.1 Å². The molecule has 0 atom stereocenters. The predicted octanol–water partition coefficient (Wildman–Crippen LogP) is 0.552. The fourth-order valence-electron chi connectivity index (χ4n) is 2.20. The van der Waals surface area contributed by atoms with Gasteiger partial charge in [0.2, 0.25) is 0 Å². The molecule has 0 saturated carbocycles. The first-order chi connectivity index (χ1) is 10.7. The van der Waals surface area contributed by atoms with Gasteiger partial charge in [-0.05, 0) is 29.9 Å². The molecule has 120 valence electrons. The van der Waals surface area contributed by atoms with Crippen LogP contribution in [0.5, 0.6) is 0 Å². The van der Waals surface area contributed by atoms with Gasteiger partial charge in [0.15, 0.2) is 5.11 Å². The van der Waals surface area contributed by atoms with Gasteiger partial charge in [0, 0.05) is 17.4 Å². The van der Waals surface area contributed by atoms with Crippen LogP contribution >= 0.6 is 28.1 Å². The van der Waals surface area contributed by atoms with E-state index in [9.17, 15) is 0 Å². The highest BCUT2D eigenvalue weighted by Gasteiger charge is 2.12. The molecule has 1 aromatic rings. The van der Waals surface area contributed by atoms with Gasteiger partial charge in [0.25, 0.3) is 0 Å². The van der Waals surface area contributed by atoms with Crippen LogP contribution in [0.3, 0.4) is 0 Å². The minimum absolute atomic E-state index is 0.560. The summed E-state index contributed by atoms with van der Waals surface area (Å²) in [5.74, 6) is 0. The Hall–Kier alpha value is -1.02. The summed E-state index contributed by atoms with van der Waals surface area (Å²) in [5.41, 5.74) is 3.86. The molecule has 0 aromatic heterocycles. The highest BCUT2D eigenvalue weighted by Crippen LogP contribution is 2.08. The lowest BCUT2D eigenvalue weighted by atomic mass is 10.2. The van der Waals surface area contributed by atoms with Crippen molar-refractivity contribution in [3.05, 3.63) is 34.3 Å². The summed E-state index contributed by atoms with van der Waals surface area (Å²) in [7, 11) is 0. The zero-order chi connectivity index (χ0) is 15.6. The van der Waals surface area contributed by atoms with Crippen molar-refractivity contribution in [3.63, 3.8) is 0 Å². The van der Waals surface area contributed by atoms with Gasteiger partial charge in [-0.25, -0.2) is 0 Å². The van der Waals surface area contributed by atoms with Gasteiger partial charge in [0.1, 0.15) is 13.1 Å². The second-order valence-corrected chi connectivity index (χ2v) is 6.47. The zero-order valence-corrected chi connectivity index (χ0v) is 14.9. The lowest BCUT2D eigenvalue weighted by molar-refractivity contribution is -0.908. The number of hydrogen-bond acceptors (Lipinski definition) is 3. The highest BCUT2D eigenvalue weighted by atomic mass is 79.9. The number of benzene rings is 1. The quantitative estimate of drug-likeness (QED) is 0.289. The predicted molar refractivity (Wildman–Crippen MR) is 96.5 cm³/mol. The van der Waals surface area contributed by atoms with Crippen LogP contribution in [0.4, 0.5) is 0 Å². The Morgan fingerprint density at radius 2 is 2.05 bits per heavy atom. The second-order valence-electron chi connectivity index (χ2n) is 5.14. The first kappa shape index (κ1) is 17.3. The molecule has 0 radical (unpaired) electrons. The Balaban J connectivity index is 1.56. The monoisotopic (exact) mass is 385 g/mol. The SMILES string of the molecule is S=C(NCCC[NH+]1CCOCC1)N/N=C\c1ccc(Br)cc1. The van der Waals surface area contributed by atoms with E-state index in [-0.39, 0.29) is 0 Å². The number of morpholine rings is 1. The fourth-order valence-corrected chi connectivity index (χ4v) is 2.62. The van der Waals surface area contributed by atoms with E-state index >= 15 is 0 Å². The van der Waals surface area contributed by atoms with E-state index in [1.807, 2.05) is 24.3 Å². The number of halogens is 1. The van der Waals surface area contributed by atoms with Crippen molar-refractivity contribution < 1.29 is 9.64 Å². The highest BCUT2D eigenvalue weighted by molar-refractivity contribution is 9.10. The van der Waals surface area contributed by atoms with Gasteiger partial charge in [-0.2, -0.15) is 5.10 Å². The Labute approximate surface area is 145 Å². The van der Waals surface area contributed by atoms with Crippen LogP contribution < -0.4 is 15.6 Å².